The molecule has 1 N–H and O–H groups in total. The number of rotatable bonds is 8. The van der Waals surface area contributed by atoms with Crippen LogP contribution in [0, 0.1) is 0 Å². The molecule has 0 spiro atoms. The first-order chi connectivity index (χ1) is 12.5. The Labute approximate surface area is 157 Å². The van der Waals surface area contributed by atoms with Crippen LogP contribution in [0.4, 0.5) is 5.69 Å². The summed E-state index contributed by atoms with van der Waals surface area (Å²) in [6, 6.07) is 15.4. The Bertz CT molecular complexity index is 759. The van der Waals surface area contributed by atoms with Crippen LogP contribution >= 0.6 is 11.6 Å². The standard InChI is InChI=1S/C20H20ClNO4/c1-14(20(25)15-6-3-2-4-7-15)26-19(24)9-5-8-18(23)22-17-12-10-16(21)11-13-17/h2-4,6-7,10-14H,5,8-9H2,1H3,(H,22,23)/t14-/m0/s1. The van der Waals surface area contributed by atoms with E-state index in [-0.39, 0.29) is 24.5 Å². The lowest BCUT2D eigenvalue weighted by Gasteiger charge is -2.12. The van der Waals surface area contributed by atoms with E-state index < -0.39 is 12.1 Å². The first kappa shape index (κ1) is 19.7. The molecule has 0 saturated carbocycles. The summed E-state index contributed by atoms with van der Waals surface area (Å²) in [6.07, 6.45) is -0.267. The average Bonchev–Trinajstić information content (AvgIpc) is 2.63. The number of halogens is 1. The summed E-state index contributed by atoms with van der Waals surface area (Å²) in [4.78, 5) is 35.8. The molecule has 2 aromatic rings. The van der Waals surface area contributed by atoms with Crippen molar-refractivity contribution in [2.75, 3.05) is 5.32 Å². The number of esters is 1. The van der Waals surface area contributed by atoms with Gasteiger partial charge in [0.25, 0.3) is 0 Å². The van der Waals surface area contributed by atoms with Crippen molar-refractivity contribution in [3.63, 3.8) is 0 Å². The number of ether oxygens (including phenoxy) is 1. The number of nitrogens with one attached hydrogen (secondary N) is 1. The minimum Gasteiger partial charge on any atom is -0.454 e. The van der Waals surface area contributed by atoms with Crippen molar-refractivity contribution >= 4 is 34.9 Å². The van der Waals surface area contributed by atoms with Crippen LogP contribution in [0.5, 0.6) is 0 Å². The van der Waals surface area contributed by atoms with Crippen LogP contribution in [-0.2, 0) is 14.3 Å². The van der Waals surface area contributed by atoms with Crippen molar-refractivity contribution in [3.05, 3.63) is 65.2 Å². The van der Waals surface area contributed by atoms with Crippen molar-refractivity contribution < 1.29 is 19.1 Å². The second-order valence-corrected chi connectivity index (χ2v) is 6.21. The lowest BCUT2D eigenvalue weighted by atomic mass is 10.1. The monoisotopic (exact) mass is 373 g/mol. The molecule has 6 heteroatoms. The molecule has 0 aromatic heterocycles. The zero-order valence-corrected chi connectivity index (χ0v) is 15.2. The Morgan fingerprint density at radius 3 is 2.31 bits per heavy atom. The SMILES string of the molecule is C[C@H](OC(=O)CCCC(=O)Nc1ccc(Cl)cc1)C(=O)c1ccccc1. The van der Waals surface area contributed by atoms with Crippen LogP contribution in [-0.4, -0.2) is 23.8 Å². The summed E-state index contributed by atoms with van der Waals surface area (Å²) in [5.41, 5.74) is 1.14. The van der Waals surface area contributed by atoms with Gasteiger partial charge in [0.05, 0.1) is 0 Å². The summed E-state index contributed by atoms with van der Waals surface area (Å²) in [5, 5.41) is 3.31. The van der Waals surface area contributed by atoms with Gasteiger partial charge in [-0.2, -0.15) is 0 Å². The lowest BCUT2D eigenvalue weighted by Crippen LogP contribution is -2.24. The molecule has 0 fully saturated rings. The number of ketones is 1. The second kappa shape index (κ2) is 9.73. The number of hydrogen-bond acceptors (Lipinski definition) is 4. The average molecular weight is 374 g/mol. The number of amides is 1. The molecular weight excluding hydrogens is 354 g/mol. The fourth-order valence-corrected chi connectivity index (χ4v) is 2.42. The van der Waals surface area contributed by atoms with E-state index in [1.54, 1.807) is 55.5 Å². The summed E-state index contributed by atoms with van der Waals surface area (Å²) in [7, 11) is 0. The van der Waals surface area contributed by atoms with Gasteiger partial charge in [-0.1, -0.05) is 41.9 Å². The van der Waals surface area contributed by atoms with Gasteiger partial charge in [0.2, 0.25) is 11.7 Å². The molecule has 136 valence electrons. The van der Waals surface area contributed by atoms with Crippen LogP contribution in [0.25, 0.3) is 0 Å². The van der Waals surface area contributed by atoms with Crippen LogP contribution < -0.4 is 5.32 Å². The van der Waals surface area contributed by atoms with E-state index in [2.05, 4.69) is 5.32 Å². The van der Waals surface area contributed by atoms with E-state index in [1.807, 2.05) is 6.07 Å². The van der Waals surface area contributed by atoms with Gasteiger partial charge in [0.1, 0.15) is 0 Å². The fraction of sp³-hybridized carbons (Fsp3) is 0.250. The van der Waals surface area contributed by atoms with Gasteiger partial charge >= 0.3 is 5.97 Å². The summed E-state index contributed by atoms with van der Waals surface area (Å²) < 4.78 is 5.14. The van der Waals surface area contributed by atoms with Crippen molar-refractivity contribution in [2.24, 2.45) is 0 Å². The van der Waals surface area contributed by atoms with Crippen molar-refractivity contribution in [1.82, 2.24) is 0 Å². The van der Waals surface area contributed by atoms with Gasteiger partial charge < -0.3 is 10.1 Å². The molecule has 2 aromatic carbocycles. The minimum atomic E-state index is -0.854. The summed E-state index contributed by atoms with van der Waals surface area (Å²) >= 11 is 5.78. The smallest absolute Gasteiger partial charge is 0.306 e. The number of hydrogen-bond donors (Lipinski definition) is 1. The third-order valence-corrected chi connectivity index (χ3v) is 3.90. The van der Waals surface area contributed by atoms with E-state index in [9.17, 15) is 14.4 Å². The molecule has 0 saturated heterocycles. The Hall–Kier alpha value is -2.66. The molecule has 0 radical (unpaired) electrons. The predicted molar refractivity (Wildman–Crippen MR) is 100 cm³/mol. The third kappa shape index (κ3) is 6.33. The van der Waals surface area contributed by atoms with Crippen LogP contribution in [0.3, 0.4) is 0 Å². The zero-order valence-electron chi connectivity index (χ0n) is 14.4. The summed E-state index contributed by atoms with van der Waals surface area (Å²) in [6.45, 7) is 1.54. The number of carbonyl (C=O) groups excluding carboxylic acids is 3. The Kier molecular flexibility index (Phi) is 7.36. The second-order valence-electron chi connectivity index (χ2n) is 5.77. The van der Waals surface area contributed by atoms with Crippen molar-refractivity contribution in [3.8, 4) is 0 Å². The molecule has 0 bridgehead atoms. The van der Waals surface area contributed by atoms with Crippen molar-refractivity contribution in [1.29, 1.82) is 0 Å². The molecule has 1 atom stereocenters. The molecule has 5 nitrogen and oxygen atoms in total. The lowest BCUT2D eigenvalue weighted by molar-refractivity contribution is -0.146. The highest BCUT2D eigenvalue weighted by molar-refractivity contribution is 6.30. The summed E-state index contributed by atoms with van der Waals surface area (Å²) in [5.74, 6) is -0.950. The molecule has 26 heavy (non-hydrogen) atoms. The van der Waals surface area contributed by atoms with Gasteiger partial charge in [-0.3, -0.25) is 14.4 Å². The van der Waals surface area contributed by atoms with Crippen LogP contribution in [0.1, 0.15) is 36.5 Å². The first-order valence-electron chi connectivity index (χ1n) is 8.30. The van der Waals surface area contributed by atoms with Gasteiger partial charge in [-0.15, -0.1) is 0 Å². The van der Waals surface area contributed by atoms with Gasteiger partial charge in [-0.05, 0) is 37.6 Å². The van der Waals surface area contributed by atoms with Gasteiger partial charge in [-0.25, -0.2) is 0 Å². The van der Waals surface area contributed by atoms with Crippen molar-refractivity contribution in [2.45, 2.75) is 32.3 Å². The quantitative estimate of drug-likeness (QED) is 0.554. The normalized spacial score (nSPS) is 11.5. The number of anilines is 1. The van der Waals surface area contributed by atoms with Crippen LogP contribution in [0.2, 0.25) is 5.02 Å². The fourth-order valence-electron chi connectivity index (χ4n) is 2.30. The highest BCUT2D eigenvalue weighted by atomic mass is 35.5. The van der Waals surface area contributed by atoms with Crippen LogP contribution in [0.15, 0.2) is 54.6 Å². The minimum absolute atomic E-state index is 0.0699. The topological polar surface area (TPSA) is 72.5 Å². The number of carbonyl (C=O) groups is 3. The van der Waals surface area contributed by atoms with E-state index >= 15 is 0 Å². The van der Waals surface area contributed by atoms with Gasteiger partial charge in [0, 0.05) is 29.1 Å². The molecular formula is C20H20ClNO4. The molecule has 0 unspecified atom stereocenters. The Morgan fingerprint density at radius 1 is 1.00 bits per heavy atom. The highest BCUT2D eigenvalue weighted by Gasteiger charge is 2.19. The van der Waals surface area contributed by atoms with E-state index in [4.69, 9.17) is 16.3 Å². The molecule has 2 rings (SSSR count). The maximum atomic E-state index is 12.1. The van der Waals surface area contributed by atoms with E-state index in [0.29, 0.717) is 22.7 Å². The Morgan fingerprint density at radius 2 is 1.65 bits per heavy atom. The highest BCUT2D eigenvalue weighted by Crippen LogP contribution is 2.14. The third-order valence-electron chi connectivity index (χ3n) is 3.65. The maximum absolute atomic E-state index is 12.1. The Balaban J connectivity index is 1.70. The molecule has 0 aliphatic rings. The predicted octanol–water partition coefficient (Wildman–Crippen LogP) is 4.26. The first-order valence-corrected chi connectivity index (χ1v) is 8.67. The molecule has 0 aliphatic heterocycles. The molecule has 0 aliphatic carbocycles. The van der Waals surface area contributed by atoms with E-state index in [0.717, 1.165) is 0 Å². The largest absolute Gasteiger partial charge is 0.454 e. The van der Waals surface area contributed by atoms with Gasteiger partial charge in [0.15, 0.2) is 6.10 Å². The number of benzene rings is 2. The molecule has 1 amide bonds. The zero-order chi connectivity index (χ0) is 18.9. The van der Waals surface area contributed by atoms with E-state index in [1.165, 1.54) is 0 Å². The number of Topliss-reactive ketones (excluding diaryl/α,β-unsaturated/α-hetero) is 1. The molecule has 0 heterocycles. The maximum Gasteiger partial charge on any atom is 0.306 e.